The third kappa shape index (κ3) is 9.28. The van der Waals surface area contributed by atoms with E-state index in [1.165, 1.54) is 0 Å². The fraction of sp³-hybridized carbons (Fsp3) is 0.522. The average Bonchev–Trinajstić information content (AvgIpc) is 2.75. The van der Waals surface area contributed by atoms with Crippen LogP contribution >= 0.6 is 0 Å². The summed E-state index contributed by atoms with van der Waals surface area (Å²) in [5.41, 5.74) is 0.565. The van der Waals surface area contributed by atoms with Gasteiger partial charge in [-0.2, -0.15) is 0 Å². The lowest BCUT2D eigenvalue weighted by molar-refractivity contribution is -0.140. The number of amides is 3. The van der Waals surface area contributed by atoms with Crippen molar-refractivity contribution in [1.29, 1.82) is 0 Å². The van der Waals surface area contributed by atoms with Crippen LogP contribution in [0.25, 0.3) is 0 Å². The van der Waals surface area contributed by atoms with E-state index < -0.39 is 48.1 Å². The zero-order valence-electron chi connectivity index (χ0n) is 18.8. The maximum Gasteiger partial charge on any atom is 0.305 e. The molecule has 0 aromatic heterocycles. The highest BCUT2D eigenvalue weighted by Crippen LogP contribution is 2.18. The van der Waals surface area contributed by atoms with E-state index in [9.17, 15) is 24.0 Å². The number of carbonyl (C=O) groups is 5. The molecule has 0 saturated heterocycles. The van der Waals surface area contributed by atoms with E-state index in [1.807, 2.05) is 20.8 Å². The molecule has 0 bridgehead atoms. The number of carboxylic acid groups (broad SMARTS) is 1. The third-order valence-electron chi connectivity index (χ3n) is 4.74. The van der Waals surface area contributed by atoms with Gasteiger partial charge in [-0.05, 0) is 24.3 Å². The quantitative estimate of drug-likeness (QED) is 0.194. The van der Waals surface area contributed by atoms with Crippen molar-refractivity contribution in [3.05, 3.63) is 35.9 Å². The Hall–Kier alpha value is -3.23. The zero-order chi connectivity index (χ0) is 24.1. The second-order valence-electron chi connectivity index (χ2n) is 8.03. The Morgan fingerprint density at radius 3 is 2.16 bits per heavy atom. The second kappa shape index (κ2) is 14.0. The zero-order valence-corrected chi connectivity index (χ0v) is 18.8. The van der Waals surface area contributed by atoms with Gasteiger partial charge in [0, 0.05) is 6.54 Å². The minimum absolute atomic E-state index is 0.0424. The van der Waals surface area contributed by atoms with Gasteiger partial charge in [-0.25, -0.2) is 0 Å². The number of unbranched alkanes of at least 4 members (excludes halogenated alkanes) is 1. The molecule has 0 heterocycles. The van der Waals surface area contributed by atoms with Crippen LogP contribution in [0, 0.1) is 11.8 Å². The molecule has 3 unspecified atom stereocenters. The molecule has 0 saturated carbocycles. The first-order chi connectivity index (χ1) is 15.2. The highest BCUT2D eigenvalue weighted by molar-refractivity contribution is 6.02. The molecule has 9 nitrogen and oxygen atoms in total. The summed E-state index contributed by atoms with van der Waals surface area (Å²) in [6.45, 7) is 6.11. The molecule has 0 aliphatic rings. The van der Waals surface area contributed by atoms with E-state index in [0.29, 0.717) is 18.4 Å². The maximum atomic E-state index is 13.1. The van der Waals surface area contributed by atoms with Crippen LogP contribution in [-0.2, 0) is 24.0 Å². The molecule has 0 spiro atoms. The molecule has 4 N–H and O–H groups in total. The fourth-order valence-corrected chi connectivity index (χ4v) is 3.09. The summed E-state index contributed by atoms with van der Waals surface area (Å²) in [5, 5.41) is 16.7. The van der Waals surface area contributed by atoms with Gasteiger partial charge in [0.1, 0.15) is 18.2 Å². The van der Waals surface area contributed by atoms with Gasteiger partial charge in [0.15, 0.2) is 0 Å². The molecule has 3 amide bonds. The summed E-state index contributed by atoms with van der Waals surface area (Å²) >= 11 is 0. The number of carboxylic acids is 1. The summed E-state index contributed by atoms with van der Waals surface area (Å²) in [6, 6.07) is 6.44. The Morgan fingerprint density at radius 2 is 1.62 bits per heavy atom. The van der Waals surface area contributed by atoms with Crippen LogP contribution in [-0.4, -0.2) is 47.7 Å². The van der Waals surface area contributed by atoms with E-state index >= 15 is 0 Å². The van der Waals surface area contributed by atoms with Gasteiger partial charge in [-0.15, -0.1) is 0 Å². The molecular formula is C23H33N3O6. The van der Waals surface area contributed by atoms with Crippen molar-refractivity contribution in [3.8, 4) is 0 Å². The fourth-order valence-electron chi connectivity index (χ4n) is 3.09. The van der Waals surface area contributed by atoms with Gasteiger partial charge < -0.3 is 25.9 Å². The van der Waals surface area contributed by atoms with Gasteiger partial charge in [0.05, 0.1) is 12.5 Å². The molecule has 1 rings (SSSR count). The number of rotatable bonds is 14. The minimum atomic E-state index is -1.25. The smallest absolute Gasteiger partial charge is 0.305 e. The van der Waals surface area contributed by atoms with Gasteiger partial charge >= 0.3 is 5.97 Å². The van der Waals surface area contributed by atoms with E-state index in [-0.39, 0.29) is 12.3 Å². The Labute approximate surface area is 188 Å². The van der Waals surface area contributed by atoms with Crippen molar-refractivity contribution in [2.45, 2.75) is 58.5 Å². The summed E-state index contributed by atoms with van der Waals surface area (Å²) in [6.07, 6.45) is 1.58. The lowest BCUT2D eigenvalue weighted by atomic mass is 9.94. The summed E-state index contributed by atoms with van der Waals surface area (Å²) in [4.78, 5) is 60.6. The van der Waals surface area contributed by atoms with Crippen molar-refractivity contribution >= 4 is 30.0 Å². The molecule has 9 heteroatoms. The molecular weight excluding hydrogens is 414 g/mol. The molecule has 0 aliphatic carbocycles. The molecule has 32 heavy (non-hydrogen) atoms. The molecule has 0 aliphatic heterocycles. The molecule has 176 valence electrons. The van der Waals surface area contributed by atoms with Crippen molar-refractivity contribution in [2.75, 3.05) is 6.54 Å². The van der Waals surface area contributed by atoms with Gasteiger partial charge in [0.25, 0.3) is 0 Å². The predicted molar refractivity (Wildman–Crippen MR) is 118 cm³/mol. The van der Waals surface area contributed by atoms with Crippen LogP contribution in [0.1, 0.15) is 58.1 Å². The lowest BCUT2D eigenvalue weighted by Gasteiger charge is -2.24. The van der Waals surface area contributed by atoms with Crippen LogP contribution in [0.15, 0.2) is 30.3 Å². The van der Waals surface area contributed by atoms with Crippen molar-refractivity contribution in [1.82, 2.24) is 16.0 Å². The highest BCUT2D eigenvalue weighted by Gasteiger charge is 2.32. The van der Waals surface area contributed by atoms with E-state index in [2.05, 4.69) is 16.0 Å². The van der Waals surface area contributed by atoms with E-state index in [0.717, 1.165) is 12.8 Å². The first kappa shape index (κ1) is 26.8. The molecule has 0 fully saturated rings. The van der Waals surface area contributed by atoms with Gasteiger partial charge in [-0.1, -0.05) is 57.5 Å². The second-order valence-corrected chi connectivity index (χ2v) is 8.03. The van der Waals surface area contributed by atoms with Crippen molar-refractivity contribution in [2.24, 2.45) is 11.8 Å². The minimum Gasteiger partial charge on any atom is -0.481 e. The Bertz CT molecular complexity index is 781. The summed E-state index contributed by atoms with van der Waals surface area (Å²) < 4.78 is 0. The highest BCUT2D eigenvalue weighted by atomic mass is 16.4. The Morgan fingerprint density at radius 1 is 1.00 bits per heavy atom. The van der Waals surface area contributed by atoms with Crippen LogP contribution in [0.4, 0.5) is 0 Å². The Kier molecular flexibility index (Phi) is 11.7. The maximum absolute atomic E-state index is 13.1. The van der Waals surface area contributed by atoms with E-state index in [4.69, 9.17) is 5.11 Å². The average molecular weight is 448 g/mol. The normalized spacial score (nSPS) is 13.5. The molecule has 1 aromatic carbocycles. The number of benzene rings is 1. The van der Waals surface area contributed by atoms with Crippen molar-refractivity contribution in [3.63, 3.8) is 0 Å². The molecule has 3 atom stereocenters. The number of aldehydes is 1. The number of aliphatic carboxylic acids is 1. The van der Waals surface area contributed by atoms with Gasteiger partial charge in [0.2, 0.25) is 17.7 Å². The largest absolute Gasteiger partial charge is 0.481 e. The summed E-state index contributed by atoms with van der Waals surface area (Å²) in [7, 11) is 0. The lowest BCUT2D eigenvalue weighted by Crippen LogP contribution is -2.49. The van der Waals surface area contributed by atoms with Crippen LogP contribution < -0.4 is 16.0 Å². The standard InChI is InChI=1S/C23H33N3O6/c1-4-5-11-24-23(32)20(16-9-7-6-8-10-16)26-22(31)18(12-15(2)3)21(30)25-17(14-27)13-19(28)29/h6-10,14-15,17-18,20H,4-5,11-13H2,1-3H3,(H,24,32)(H,25,30)(H,26,31)(H,28,29). The molecule has 0 radical (unpaired) electrons. The topological polar surface area (TPSA) is 142 Å². The first-order valence-electron chi connectivity index (χ1n) is 10.8. The number of carbonyl (C=O) groups excluding carboxylic acids is 4. The third-order valence-corrected chi connectivity index (χ3v) is 4.74. The van der Waals surface area contributed by atoms with Gasteiger partial charge in [-0.3, -0.25) is 19.2 Å². The first-order valence-corrected chi connectivity index (χ1v) is 10.8. The van der Waals surface area contributed by atoms with E-state index in [1.54, 1.807) is 30.3 Å². The SMILES string of the molecule is CCCCNC(=O)C(NC(=O)C(CC(C)C)C(=O)NC(C=O)CC(=O)O)c1ccccc1. The van der Waals surface area contributed by atoms with Crippen LogP contribution in [0.5, 0.6) is 0 Å². The van der Waals surface area contributed by atoms with Crippen LogP contribution in [0.2, 0.25) is 0 Å². The Balaban J connectivity index is 3.06. The molecule has 1 aromatic rings. The predicted octanol–water partition coefficient (Wildman–Crippen LogP) is 1.58. The van der Waals surface area contributed by atoms with Crippen molar-refractivity contribution < 1.29 is 29.1 Å². The number of nitrogens with one attached hydrogen (secondary N) is 3. The summed E-state index contributed by atoms with van der Waals surface area (Å²) in [5.74, 6) is -4.30. The number of hydrogen-bond acceptors (Lipinski definition) is 5. The monoisotopic (exact) mass is 447 g/mol. The van der Waals surface area contributed by atoms with Crippen LogP contribution in [0.3, 0.4) is 0 Å². The number of hydrogen-bond donors (Lipinski definition) is 4.